The Morgan fingerprint density at radius 3 is 2.71 bits per heavy atom. The van der Waals surface area contributed by atoms with Crippen molar-refractivity contribution in [1.82, 2.24) is 20.1 Å². The lowest BCUT2D eigenvalue weighted by Gasteiger charge is -2.12. The molecule has 3 rings (SSSR count). The fraction of sp³-hybridized carbons (Fsp3) is 0.353. The van der Waals surface area contributed by atoms with E-state index in [9.17, 15) is 4.79 Å². The zero-order chi connectivity index (χ0) is 17.3. The van der Waals surface area contributed by atoms with Gasteiger partial charge in [-0.3, -0.25) is 0 Å². The SMILES string of the molecule is Cc1ccc(C(C)NC(=O)Nc2cnc3c(cnn3C(C)C)c2)o1. The molecule has 3 heterocycles. The number of aryl methyl sites for hydroxylation is 1. The number of amides is 2. The molecule has 0 aliphatic carbocycles. The van der Waals surface area contributed by atoms with Gasteiger partial charge in [0.2, 0.25) is 0 Å². The quantitative estimate of drug-likeness (QED) is 0.763. The Labute approximate surface area is 140 Å². The highest BCUT2D eigenvalue weighted by Crippen LogP contribution is 2.19. The summed E-state index contributed by atoms with van der Waals surface area (Å²) < 4.78 is 7.36. The van der Waals surface area contributed by atoms with Crippen LogP contribution in [0.2, 0.25) is 0 Å². The third-order valence-electron chi connectivity index (χ3n) is 3.72. The van der Waals surface area contributed by atoms with Gasteiger partial charge in [-0.15, -0.1) is 0 Å². The maximum absolute atomic E-state index is 12.1. The zero-order valence-corrected chi connectivity index (χ0v) is 14.2. The molecule has 2 N–H and O–H groups in total. The van der Waals surface area contributed by atoms with Gasteiger partial charge in [-0.25, -0.2) is 14.5 Å². The second kappa shape index (κ2) is 6.35. The lowest BCUT2D eigenvalue weighted by molar-refractivity contribution is 0.247. The van der Waals surface area contributed by atoms with Crippen LogP contribution in [0, 0.1) is 6.92 Å². The zero-order valence-electron chi connectivity index (χ0n) is 14.2. The number of urea groups is 1. The predicted octanol–water partition coefficient (Wildman–Crippen LogP) is 3.80. The van der Waals surface area contributed by atoms with Crippen LogP contribution in [-0.4, -0.2) is 20.8 Å². The summed E-state index contributed by atoms with van der Waals surface area (Å²) in [6.07, 6.45) is 3.38. The van der Waals surface area contributed by atoms with Crippen LogP contribution in [0.1, 0.15) is 44.4 Å². The molecule has 0 aromatic carbocycles. The molecule has 2 amide bonds. The van der Waals surface area contributed by atoms with Crippen LogP contribution in [0.25, 0.3) is 11.0 Å². The number of hydrogen-bond acceptors (Lipinski definition) is 4. The van der Waals surface area contributed by atoms with Gasteiger partial charge in [0.25, 0.3) is 0 Å². The molecule has 3 aromatic heterocycles. The van der Waals surface area contributed by atoms with Crippen molar-refractivity contribution in [2.24, 2.45) is 0 Å². The predicted molar refractivity (Wildman–Crippen MR) is 91.9 cm³/mol. The van der Waals surface area contributed by atoms with Crippen LogP contribution in [-0.2, 0) is 0 Å². The molecule has 126 valence electrons. The molecule has 0 radical (unpaired) electrons. The molecule has 0 spiro atoms. The molecule has 0 saturated carbocycles. The summed E-state index contributed by atoms with van der Waals surface area (Å²) in [7, 11) is 0. The molecule has 0 fully saturated rings. The van der Waals surface area contributed by atoms with Crippen molar-refractivity contribution < 1.29 is 9.21 Å². The van der Waals surface area contributed by atoms with E-state index in [-0.39, 0.29) is 18.1 Å². The Kier molecular flexibility index (Phi) is 4.24. The number of aromatic nitrogens is 3. The minimum Gasteiger partial charge on any atom is -0.464 e. The number of carbonyl (C=O) groups is 1. The van der Waals surface area contributed by atoms with Crippen molar-refractivity contribution in [2.75, 3.05) is 5.32 Å². The van der Waals surface area contributed by atoms with E-state index >= 15 is 0 Å². The first-order chi connectivity index (χ1) is 11.4. The van der Waals surface area contributed by atoms with Gasteiger partial charge in [-0.05, 0) is 45.9 Å². The fourth-order valence-electron chi connectivity index (χ4n) is 2.51. The van der Waals surface area contributed by atoms with Gasteiger partial charge in [0.1, 0.15) is 11.5 Å². The average molecular weight is 327 g/mol. The van der Waals surface area contributed by atoms with Crippen molar-refractivity contribution in [1.29, 1.82) is 0 Å². The third-order valence-corrected chi connectivity index (χ3v) is 3.72. The molecule has 0 saturated heterocycles. The van der Waals surface area contributed by atoms with Gasteiger partial charge in [0.15, 0.2) is 5.65 Å². The van der Waals surface area contributed by atoms with Crippen LogP contribution >= 0.6 is 0 Å². The Balaban J connectivity index is 1.69. The van der Waals surface area contributed by atoms with E-state index in [4.69, 9.17) is 4.42 Å². The second-order valence-corrected chi connectivity index (χ2v) is 6.09. The Bertz CT molecular complexity index is 865. The number of anilines is 1. The number of nitrogens with zero attached hydrogens (tertiary/aromatic N) is 3. The Morgan fingerprint density at radius 1 is 1.25 bits per heavy atom. The minimum absolute atomic E-state index is 0.223. The van der Waals surface area contributed by atoms with E-state index in [1.807, 2.05) is 50.6 Å². The molecular weight excluding hydrogens is 306 g/mol. The van der Waals surface area contributed by atoms with Crippen LogP contribution in [0.3, 0.4) is 0 Å². The molecule has 1 unspecified atom stereocenters. The highest BCUT2D eigenvalue weighted by molar-refractivity contribution is 5.91. The summed E-state index contributed by atoms with van der Waals surface area (Å²) in [5.74, 6) is 1.53. The molecule has 0 aliphatic heterocycles. The third kappa shape index (κ3) is 3.24. The van der Waals surface area contributed by atoms with Gasteiger partial charge >= 0.3 is 6.03 Å². The smallest absolute Gasteiger partial charge is 0.319 e. The fourth-order valence-corrected chi connectivity index (χ4v) is 2.51. The van der Waals surface area contributed by atoms with Gasteiger partial charge in [-0.1, -0.05) is 0 Å². The molecule has 0 bridgehead atoms. The first kappa shape index (κ1) is 16.0. The number of furan rings is 1. The van der Waals surface area contributed by atoms with Crippen molar-refractivity contribution in [3.8, 4) is 0 Å². The number of carbonyl (C=O) groups excluding carboxylic acids is 1. The maximum Gasteiger partial charge on any atom is 0.319 e. The average Bonchev–Trinajstić information content (AvgIpc) is 3.12. The standard InChI is InChI=1S/C17H21N5O2/c1-10(2)22-16-13(8-19-22)7-14(9-18-16)21-17(23)20-12(4)15-6-5-11(3)24-15/h5-10,12H,1-4H3,(H2,20,21,23). The van der Waals surface area contributed by atoms with Crippen molar-refractivity contribution in [3.63, 3.8) is 0 Å². The minimum atomic E-state index is -0.311. The summed E-state index contributed by atoms with van der Waals surface area (Å²) in [5.41, 5.74) is 1.42. The molecule has 24 heavy (non-hydrogen) atoms. The number of hydrogen-bond donors (Lipinski definition) is 2. The Morgan fingerprint density at radius 2 is 2.04 bits per heavy atom. The van der Waals surface area contributed by atoms with Crippen molar-refractivity contribution in [2.45, 2.75) is 39.8 Å². The molecule has 7 nitrogen and oxygen atoms in total. The van der Waals surface area contributed by atoms with Crippen LogP contribution in [0.4, 0.5) is 10.5 Å². The van der Waals surface area contributed by atoms with Gasteiger partial charge in [0.05, 0.1) is 24.1 Å². The van der Waals surface area contributed by atoms with Crippen LogP contribution < -0.4 is 10.6 Å². The van der Waals surface area contributed by atoms with E-state index in [1.165, 1.54) is 0 Å². The maximum atomic E-state index is 12.1. The first-order valence-electron chi connectivity index (χ1n) is 7.91. The molecule has 0 aliphatic rings. The number of fused-ring (bicyclic) bond motifs is 1. The first-order valence-corrected chi connectivity index (χ1v) is 7.91. The summed E-state index contributed by atoms with van der Waals surface area (Å²) in [6, 6.07) is 5.28. The largest absolute Gasteiger partial charge is 0.464 e. The molecule has 1 atom stereocenters. The van der Waals surface area contributed by atoms with E-state index in [0.717, 1.165) is 22.6 Å². The summed E-state index contributed by atoms with van der Waals surface area (Å²) in [6.45, 7) is 7.83. The lowest BCUT2D eigenvalue weighted by atomic mass is 10.2. The van der Waals surface area contributed by atoms with Gasteiger partial charge in [0, 0.05) is 11.4 Å². The summed E-state index contributed by atoms with van der Waals surface area (Å²) >= 11 is 0. The monoisotopic (exact) mass is 327 g/mol. The summed E-state index contributed by atoms with van der Waals surface area (Å²) in [4.78, 5) is 16.5. The number of rotatable bonds is 4. The number of nitrogens with one attached hydrogen (secondary N) is 2. The van der Waals surface area contributed by atoms with Gasteiger partial charge in [-0.2, -0.15) is 5.10 Å². The van der Waals surface area contributed by atoms with Crippen LogP contribution in [0.5, 0.6) is 0 Å². The Hall–Kier alpha value is -2.83. The van der Waals surface area contributed by atoms with E-state index < -0.39 is 0 Å². The van der Waals surface area contributed by atoms with Crippen molar-refractivity contribution in [3.05, 3.63) is 42.1 Å². The van der Waals surface area contributed by atoms with E-state index in [2.05, 4.69) is 20.7 Å². The van der Waals surface area contributed by atoms with E-state index in [0.29, 0.717) is 5.69 Å². The highest BCUT2D eigenvalue weighted by Gasteiger charge is 2.14. The lowest BCUT2D eigenvalue weighted by Crippen LogP contribution is -2.31. The highest BCUT2D eigenvalue weighted by atomic mass is 16.3. The summed E-state index contributed by atoms with van der Waals surface area (Å²) in [5, 5.41) is 10.8. The normalized spacial score (nSPS) is 12.5. The molecule has 3 aromatic rings. The van der Waals surface area contributed by atoms with Crippen LogP contribution in [0.15, 0.2) is 35.0 Å². The molecule has 7 heteroatoms. The van der Waals surface area contributed by atoms with Crippen molar-refractivity contribution >= 4 is 22.8 Å². The second-order valence-electron chi connectivity index (χ2n) is 6.09. The molecular formula is C17H21N5O2. The number of pyridine rings is 1. The van der Waals surface area contributed by atoms with Gasteiger partial charge < -0.3 is 15.1 Å². The topological polar surface area (TPSA) is 85.0 Å². The van der Waals surface area contributed by atoms with E-state index in [1.54, 1.807) is 12.4 Å².